The standard InChI is InChI=1S/C6H14O2.C4H10O2/c1-6(2-4-7)3-5-8;1-4(2-5)3-6/h6-8H,2-5H2,1H3;4-6H,2-3H2,1H3. The van der Waals surface area contributed by atoms with Crippen LogP contribution in [0.15, 0.2) is 0 Å². The van der Waals surface area contributed by atoms with Crippen LogP contribution in [-0.4, -0.2) is 46.9 Å². The molecular formula is C10H24O4. The quantitative estimate of drug-likeness (QED) is 0.495. The fraction of sp³-hybridized carbons (Fsp3) is 1.00. The van der Waals surface area contributed by atoms with Gasteiger partial charge in [0, 0.05) is 32.3 Å². The van der Waals surface area contributed by atoms with E-state index in [1.54, 1.807) is 6.92 Å². The van der Waals surface area contributed by atoms with Crippen LogP contribution in [0.3, 0.4) is 0 Å². The van der Waals surface area contributed by atoms with Crippen LogP contribution in [0.25, 0.3) is 0 Å². The van der Waals surface area contributed by atoms with Crippen molar-refractivity contribution in [2.24, 2.45) is 11.8 Å². The highest BCUT2D eigenvalue weighted by molar-refractivity contribution is 4.49. The third kappa shape index (κ3) is 14.4. The molecule has 0 aromatic carbocycles. The average molecular weight is 208 g/mol. The van der Waals surface area contributed by atoms with Gasteiger partial charge < -0.3 is 20.4 Å². The maximum Gasteiger partial charge on any atom is 0.0478 e. The number of aliphatic hydroxyl groups excluding tert-OH is 4. The number of hydrogen-bond donors (Lipinski definition) is 4. The summed E-state index contributed by atoms with van der Waals surface area (Å²) in [5.41, 5.74) is 0. The molecular weight excluding hydrogens is 184 g/mol. The van der Waals surface area contributed by atoms with Crippen LogP contribution < -0.4 is 0 Å². The summed E-state index contributed by atoms with van der Waals surface area (Å²) in [6.45, 7) is 4.43. The fourth-order valence-corrected chi connectivity index (χ4v) is 0.643. The van der Waals surface area contributed by atoms with Gasteiger partial charge in [-0.2, -0.15) is 0 Å². The molecule has 0 atom stereocenters. The summed E-state index contributed by atoms with van der Waals surface area (Å²) < 4.78 is 0. The Bertz CT molecular complexity index is 88.1. The first-order valence-corrected chi connectivity index (χ1v) is 5.05. The largest absolute Gasteiger partial charge is 0.396 e. The molecule has 0 unspecified atom stereocenters. The first-order valence-electron chi connectivity index (χ1n) is 5.05. The summed E-state index contributed by atoms with van der Waals surface area (Å²) in [6, 6.07) is 0. The van der Waals surface area contributed by atoms with Crippen LogP contribution >= 0.6 is 0 Å². The van der Waals surface area contributed by atoms with E-state index >= 15 is 0 Å². The van der Waals surface area contributed by atoms with Crippen LogP contribution in [0.1, 0.15) is 26.7 Å². The lowest BCUT2D eigenvalue weighted by Gasteiger charge is -2.04. The molecule has 4 nitrogen and oxygen atoms in total. The highest BCUT2D eigenvalue weighted by atomic mass is 16.3. The topological polar surface area (TPSA) is 80.9 Å². The van der Waals surface area contributed by atoms with Crippen molar-refractivity contribution in [3.63, 3.8) is 0 Å². The average Bonchev–Trinajstić information content (AvgIpc) is 2.18. The predicted molar refractivity (Wildman–Crippen MR) is 55.9 cm³/mol. The van der Waals surface area contributed by atoms with Gasteiger partial charge in [-0.25, -0.2) is 0 Å². The molecule has 0 heterocycles. The van der Waals surface area contributed by atoms with E-state index in [1.165, 1.54) is 0 Å². The fourth-order valence-electron chi connectivity index (χ4n) is 0.643. The van der Waals surface area contributed by atoms with E-state index in [4.69, 9.17) is 20.4 Å². The van der Waals surface area contributed by atoms with Gasteiger partial charge in [0.25, 0.3) is 0 Å². The molecule has 4 N–H and O–H groups in total. The molecule has 0 bridgehead atoms. The molecule has 0 aliphatic rings. The molecule has 0 saturated heterocycles. The summed E-state index contributed by atoms with van der Waals surface area (Å²) in [7, 11) is 0. The molecule has 88 valence electrons. The SMILES string of the molecule is CC(CCO)CCO.CC(CO)CO. The molecule has 0 aromatic rings. The van der Waals surface area contributed by atoms with Gasteiger partial charge in [-0.05, 0) is 18.8 Å². The molecule has 0 rings (SSSR count). The minimum absolute atomic E-state index is 0.0463. The highest BCUT2D eigenvalue weighted by Gasteiger charge is 1.97. The third-order valence-corrected chi connectivity index (χ3v) is 1.87. The summed E-state index contributed by atoms with van der Waals surface area (Å²) in [4.78, 5) is 0. The van der Waals surface area contributed by atoms with E-state index < -0.39 is 0 Å². The minimum Gasteiger partial charge on any atom is -0.396 e. The van der Waals surface area contributed by atoms with Crippen molar-refractivity contribution in [1.29, 1.82) is 0 Å². The Hall–Kier alpha value is -0.160. The smallest absolute Gasteiger partial charge is 0.0478 e. The molecule has 14 heavy (non-hydrogen) atoms. The summed E-state index contributed by atoms with van der Waals surface area (Å²) >= 11 is 0. The van der Waals surface area contributed by atoms with Crippen LogP contribution in [0.2, 0.25) is 0 Å². The monoisotopic (exact) mass is 208 g/mol. The van der Waals surface area contributed by atoms with Crippen LogP contribution in [0.4, 0.5) is 0 Å². The van der Waals surface area contributed by atoms with Crippen LogP contribution in [0, 0.1) is 11.8 Å². The van der Waals surface area contributed by atoms with Crippen molar-refractivity contribution in [3.05, 3.63) is 0 Å². The minimum atomic E-state index is 0.0463. The second kappa shape index (κ2) is 12.8. The Morgan fingerprint density at radius 1 is 0.714 bits per heavy atom. The Morgan fingerprint density at radius 2 is 1.07 bits per heavy atom. The maximum atomic E-state index is 8.38. The van der Waals surface area contributed by atoms with Gasteiger partial charge in [0.05, 0.1) is 0 Å². The van der Waals surface area contributed by atoms with Gasteiger partial charge in [-0.1, -0.05) is 13.8 Å². The molecule has 0 spiro atoms. The molecule has 0 aromatic heterocycles. The van der Waals surface area contributed by atoms with Crippen molar-refractivity contribution < 1.29 is 20.4 Å². The van der Waals surface area contributed by atoms with E-state index in [2.05, 4.69) is 0 Å². The molecule has 0 aliphatic heterocycles. The molecule has 0 saturated carbocycles. The summed E-state index contributed by atoms with van der Waals surface area (Å²) in [5, 5.41) is 33.1. The van der Waals surface area contributed by atoms with Crippen molar-refractivity contribution in [3.8, 4) is 0 Å². The molecule has 0 aliphatic carbocycles. The second-order valence-electron chi connectivity index (χ2n) is 3.60. The molecule has 0 fully saturated rings. The Kier molecular flexibility index (Phi) is 14.9. The van der Waals surface area contributed by atoms with Gasteiger partial charge >= 0.3 is 0 Å². The lowest BCUT2D eigenvalue weighted by Crippen LogP contribution is -2.04. The number of hydrogen-bond acceptors (Lipinski definition) is 4. The first kappa shape index (κ1) is 16.3. The Labute approximate surface area is 86.2 Å². The number of aliphatic hydroxyl groups is 4. The summed E-state index contributed by atoms with van der Waals surface area (Å²) in [5.74, 6) is 0.509. The molecule has 4 heteroatoms. The first-order chi connectivity index (χ1) is 6.62. The molecule has 0 radical (unpaired) electrons. The van der Waals surface area contributed by atoms with Crippen molar-refractivity contribution in [2.75, 3.05) is 26.4 Å². The lowest BCUT2D eigenvalue weighted by atomic mass is 10.1. The van der Waals surface area contributed by atoms with E-state index in [0.29, 0.717) is 5.92 Å². The highest BCUT2D eigenvalue weighted by Crippen LogP contribution is 2.03. The number of rotatable bonds is 6. The van der Waals surface area contributed by atoms with E-state index in [-0.39, 0.29) is 32.3 Å². The van der Waals surface area contributed by atoms with E-state index in [0.717, 1.165) is 12.8 Å². The van der Waals surface area contributed by atoms with Gasteiger partial charge in [0.1, 0.15) is 0 Å². The maximum absolute atomic E-state index is 8.38. The lowest BCUT2D eigenvalue weighted by molar-refractivity contribution is 0.162. The zero-order valence-corrected chi connectivity index (χ0v) is 9.19. The second-order valence-corrected chi connectivity index (χ2v) is 3.60. The normalized spacial score (nSPS) is 10.3. The zero-order valence-electron chi connectivity index (χ0n) is 9.19. The van der Waals surface area contributed by atoms with Crippen LogP contribution in [-0.2, 0) is 0 Å². The van der Waals surface area contributed by atoms with Crippen LogP contribution in [0.5, 0.6) is 0 Å². The van der Waals surface area contributed by atoms with E-state index in [9.17, 15) is 0 Å². The van der Waals surface area contributed by atoms with Crippen molar-refractivity contribution >= 4 is 0 Å². The Balaban J connectivity index is 0. The van der Waals surface area contributed by atoms with Gasteiger partial charge in [-0.15, -0.1) is 0 Å². The zero-order chi connectivity index (χ0) is 11.4. The summed E-state index contributed by atoms with van der Waals surface area (Å²) in [6.07, 6.45) is 1.61. The predicted octanol–water partition coefficient (Wildman–Crippen LogP) is -0.00560. The van der Waals surface area contributed by atoms with Gasteiger partial charge in [-0.3, -0.25) is 0 Å². The van der Waals surface area contributed by atoms with Gasteiger partial charge in [0.2, 0.25) is 0 Å². The van der Waals surface area contributed by atoms with Crippen molar-refractivity contribution in [2.45, 2.75) is 26.7 Å². The third-order valence-electron chi connectivity index (χ3n) is 1.87. The van der Waals surface area contributed by atoms with Crippen molar-refractivity contribution in [1.82, 2.24) is 0 Å². The molecule has 0 amide bonds. The van der Waals surface area contributed by atoms with E-state index in [1.807, 2.05) is 6.92 Å². The van der Waals surface area contributed by atoms with Gasteiger partial charge in [0.15, 0.2) is 0 Å². The Morgan fingerprint density at radius 3 is 1.21 bits per heavy atom.